The Morgan fingerprint density at radius 2 is 1.86 bits per heavy atom. The fourth-order valence-corrected chi connectivity index (χ4v) is 3.14. The van der Waals surface area contributed by atoms with Crippen LogP contribution in [0.1, 0.15) is 11.1 Å². The minimum atomic E-state index is -4.54. The standard InChI is InChI=1S/C18H12F3N3O3S/c19-18(20,21)12-6-7-14(22-9-12)23-15(25)10-24-16(26)13(28-17(24)27)8-11-4-2-1-3-5-11/h1-9H,10H2,(H,22,23,25)/b13-8+. The van der Waals surface area contributed by atoms with Gasteiger partial charge in [-0.05, 0) is 35.5 Å². The van der Waals surface area contributed by atoms with Crippen molar-refractivity contribution in [2.45, 2.75) is 6.18 Å². The number of imide groups is 1. The molecule has 2 aromatic rings. The van der Waals surface area contributed by atoms with Gasteiger partial charge in [0.1, 0.15) is 12.4 Å². The molecule has 28 heavy (non-hydrogen) atoms. The molecule has 1 aromatic carbocycles. The molecule has 1 N–H and O–H groups in total. The number of halogens is 3. The Morgan fingerprint density at radius 1 is 1.14 bits per heavy atom. The Kier molecular flexibility index (Phi) is 5.50. The zero-order chi connectivity index (χ0) is 20.3. The lowest BCUT2D eigenvalue weighted by Crippen LogP contribution is -2.36. The van der Waals surface area contributed by atoms with Crippen LogP contribution in [0.4, 0.5) is 23.8 Å². The molecular weight excluding hydrogens is 395 g/mol. The number of thioether (sulfide) groups is 1. The molecule has 0 radical (unpaired) electrons. The Morgan fingerprint density at radius 3 is 2.46 bits per heavy atom. The topological polar surface area (TPSA) is 79.4 Å². The van der Waals surface area contributed by atoms with Crippen molar-refractivity contribution in [2.24, 2.45) is 0 Å². The molecule has 144 valence electrons. The van der Waals surface area contributed by atoms with Crippen molar-refractivity contribution in [2.75, 3.05) is 11.9 Å². The van der Waals surface area contributed by atoms with Gasteiger partial charge in [-0.25, -0.2) is 4.98 Å². The van der Waals surface area contributed by atoms with Crippen molar-refractivity contribution in [3.63, 3.8) is 0 Å². The predicted molar refractivity (Wildman–Crippen MR) is 97.0 cm³/mol. The fourth-order valence-electron chi connectivity index (χ4n) is 2.30. The lowest BCUT2D eigenvalue weighted by molar-refractivity contribution is -0.137. The first-order valence-corrected chi connectivity index (χ1v) is 8.69. The lowest BCUT2D eigenvalue weighted by Gasteiger charge is -2.12. The Labute approximate surface area is 161 Å². The van der Waals surface area contributed by atoms with Crippen LogP contribution in [0.3, 0.4) is 0 Å². The van der Waals surface area contributed by atoms with Gasteiger partial charge in [0.25, 0.3) is 11.1 Å². The van der Waals surface area contributed by atoms with Gasteiger partial charge in [0, 0.05) is 6.20 Å². The number of benzene rings is 1. The van der Waals surface area contributed by atoms with Crippen molar-refractivity contribution in [1.82, 2.24) is 9.88 Å². The highest BCUT2D eigenvalue weighted by Gasteiger charge is 2.36. The number of hydrogen-bond donors (Lipinski definition) is 1. The molecule has 0 aliphatic carbocycles. The predicted octanol–water partition coefficient (Wildman–Crippen LogP) is 3.78. The van der Waals surface area contributed by atoms with Crippen LogP contribution in [-0.2, 0) is 15.8 Å². The second kappa shape index (κ2) is 7.85. The van der Waals surface area contributed by atoms with Gasteiger partial charge in [-0.1, -0.05) is 30.3 Å². The number of nitrogens with zero attached hydrogens (tertiary/aromatic N) is 2. The number of rotatable bonds is 4. The molecule has 0 atom stereocenters. The number of pyridine rings is 1. The third-order valence-corrected chi connectivity index (χ3v) is 4.54. The summed E-state index contributed by atoms with van der Waals surface area (Å²) in [6.45, 7) is -0.570. The molecule has 0 bridgehead atoms. The van der Waals surface area contributed by atoms with E-state index in [1.807, 2.05) is 6.07 Å². The molecule has 3 rings (SSSR count). The highest BCUT2D eigenvalue weighted by Crippen LogP contribution is 2.32. The maximum absolute atomic E-state index is 12.5. The third kappa shape index (κ3) is 4.58. The molecule has 0 unspecified atom stereocenters. The average molecular weight is 407 g/mol. The third-order valence-electron chi connectivity index (χ3n) is 3.63. The molecule has 0 spiro atoms. The first-order chi connectivity index (χ1) is 13.2. The summed E-state index contributed by atoms with van der Waals surface area (Å²) in [7, 11) is 0. The first kappa shape index (κ1) is 19.6. The van der Waals surface area contributed by atoms with E-state index in [-0.39, 0.29) is 10.7 Å². The Bertz CT molecular complexity index is 944. The van der Waals surface area contributed by atoms with Gasteiger partial charge in [0.2, 0.25) is 5.91 Å². The minimum Gasteiger partial charge on any atom is -0.309 e. The van der Waals surface area contributed by atoms with Crippen LogP contribution in [0.2, 0.25) is 0 Å². The zero-order valence-electron chi connectivity index (χ0n) is 14.1. The first-order valence-electron chi connectivity index (χ1n) is 7.87. The van der Waals surface area contributed by atoms with E-state index in [9.17, 15) is 27.6 Å². The molecule has 3 amide bonds. The van der Waals surface area contributed by atoms with Gasteiger partial charge in [-0.15, -0.1) is 0 Å². The van der Waals surface area contributed by atoms with Gasteiger partial charge < -0.3 is 5.32 Å². The number of carbonyl (C=O) groups is 3. The van der Waals surface area contributed by atoms with Gasteiger partial charge >= 0.3 is 6.18 Å². The van der Waals surface area contributed by atoms with Crippen LogP contribution >= 0.6 is 11.8 Å². The van der Waals surface area contributed by atoms with E-state index in [1.165, 1.54) is 0 Å². The lowest BCUT2D eigenvalue weighted by atomic mass is 10.2. The second-order valence-corrected chi connectivity index (χ2v) is 6.65. The molecule has 6 nitrogen and oxygen atoms in total. The van der Waals surface area contributed by atoms with Crippen molar-refractivity contribution >= 4 is 40.7 Å². The molecule has 0 saturated carbocycles. The van der Waals surface area contributed by atoms with Crippen LogP contribution in [0.5, 0.6) is 0 Å². The van der Waals surface area contributed by atoms with E-state index >= 15 is 0 Å². The molecule has 1 aliphatic rings. The van der Waals surface area contributed by atoms with E-state index in [4.69, 9.17) is 0 Å². The van der Waals surface area contributed by atoms with E-state index < -0.39 is 35.3 Å². The van der Waals surface area contributed by atoms with Crippen LogP contribution in [0.15, 0.2) is 53.6 Å². The van der Waals surface area contributed by atoms with Crippen LogP contribution < -0.4 is 5.32 Å². The highest BCUT2D eigenvalue weighted by molar-refractivity contribution is 8.18. The number of carbonyl (C=O) groups excluding carboxylic acids is 3. The van der Waals surface area contributed by atoms with Gasteiger partial charge in [0.15, 0.2) is 0 Å². The minimum absolute atomic E-state index is 0.121. The van der Waals surface area contributed by atoms with E-state index in [0.29, 0.717) is 18.0 Å². The number of amides is 3. The summed E-state index contributed by atoms with van der Waals surface area (Å²) in [5, 5.41) is 1.65. The number of hydrogen-bond acceptors (Lipinski definition) is 5. The number of nitrogens with one attached hydrogen (secondary N) is 1. The second-order valence-electron chi connectivity index (χ2n) is 5.66. The maximum atomic E-state index is 12.5. The number of anilines is 1. The van der Waals surface area contributed by atoms with Gasteiger partial charge in [-0.2, -0.15) is 13.2 Å². The van der Waals surface area contributed by atoms with Crippen molar-refractivity contribution in [3.8, 4) is 0 Å². The maximum Gasteiger partial charge on any atom is 0.417 e. The monoisotopic (exact) mass is 407 g/mol. The Hall–Kier alpha value is -3.14. The van der Waals surface area contributed by atoms with Crippen molar-refractivity contribution < 1.29 is 27.6 Å². The molecular formula is C18H12F3N3O3S. The van der Waals surface area contributed by atoms with Crippen molar-refractivity contribution in [3.05, 3.63) is 64.7 Å². The Balaban J connectivity index is 1.65. The van der Waals surface area contributed by atoms with Crippen LogP contribution in [0.25, 0.3) is 6.08 Å². The molecule has 1 saturated heterocycles. The summed E-state index contributed by atoms with van der Waals surface area (Å²) in [6.07, 6.45) is -2.42. The van der Waals surface area contributed by atoms with Gasteiger partial charge in [-0.3, -0.25) is 19.3 Å². The van der Waals surface area contributed by atoms with Gasteiger partial charge in [0.05, 0.1) is 10.5 Å². The highest BCUT2D eigenvalue weighted by atomic mass is 32.2. The quantitative estimate of drug-likeness (QED) is 0.781. The van der Waals surface area contributed by atoms with Crippen LogP contribution in [-0.4, -0.2) is 33.5 Å². The van der Waals surface area contributed by atoms with Crippen LogP contribution in [0, 0.1) is 0 Å². The largest absolute Gasteiger partial charge is 0.417 e. The summed E-state index contributed by atoms with van der Waals surface area (Å²) < 4.78 is 37.5. The molecule has 2 heterocycles. The van der Waals surface area contributed by atoms with E-state index in [2.05, 4.69) is 10.3 Å². The molecule has 10 heteroatoms. The van der Waals surface area contributed by atoms with E-state index in [1.54, 1.807) is 30.3 Å². The SMILES string of the molecule is O=C(CN1C(=O)S/C(=C/c2ccccc2)C1=O)Nc1ccc(C(F)(F)F)cn1. The average Bonchev–Trinajstić information content (AvgIpc) is 2.90. The normalized spacial score (nSPS) is 16.0. The summed E-state index contributed by atoms with van der Waals surface area (Å²) in [5.74, 6) is -1.49. The fraction of sp³-hybridized carbons (Fsp3) is 0.111. The van der Waals surface area contributed by atoms with E-state index in [0.717, 1.165) is 22.6 Å². The molecule has 1 aromatic heterocycles. The summed E-state index contributed by atoms with van der Waals surface area (Å²) in [4.78, 5) is 40.9. The summed E-state index contributed by atoms with van der Waals surface area (Å²) in [6, 6.07) is 10.6. The number of alkyl halides is 3. The summed E-state index contributed by atoms with van der Waals surface area (Å²) >= 11 is 0.708. The smallest absolute Gasteiger partial charge is 0.309 e. The van der Waals surface area contributed by atoms with Crippen molar-refractivity contribution in [1.29, 1.82) is 0 Å². The number of aromatic nitrogens is 1. The zero-order valence-corrected chi connectivity index (χ0v) is 14.9. The molecule has 1 fully saturated rings. The molecule has 1 aliphatic heterocycles. The summed E-state index contributed by atoms with van der Waals surface area (Å²) in [5.41, 5.74) is -0.228.